The van der Waals surface area contributed by atoms with Crippen LogP contribution in [0.4, 0.5) is 0 Å². The van der Waals surface area contributed by atoms with Crippen molar-refractivity contribution < 1.29 is 4.79 Å². The van der Waals surface area contributed by atoms with Crippen molar-refractivity contribution in [2.75, 3.05) is 13.1 Å². The van der Waals surface area contributed by atoms with Gasteiger partial charge < -0.3 is 10.2 Å². The third kappa shape index (κ3) is 2.98. The molecule has 2 aliphatic heterocycles. The lowest BCUT2D eigenvalue weighted by atomic mass is 9.97. The second-order valence-corrected chi connectivity index (χ2v) is 6.52. The van der Waals surface area contributed by atoms with Gasteiger partial charge in [-0.15, -0.1) is 0 Å². The molecule has 3 atom stereocenters. The maximum absolute atomic E-state index is 12.8. The fraction of sp³-hybridized carbons (Fsp3) is 0.750. The Morgan fingerprint density at radius 3 is 2.67 bits per heavy atom. The fourth-order valence-corrected chi connectivity index (χ4v) is 3.67. The number of nitrogens with one attached hydrogen (secondary N) is 1. The third-order valence-corrected chi connectivity index (χ3v) is 4.90. The summed E-state index contributed by atoms with van der Waals surface area (Å²) in [5, 5.41) is 7.96. The van der Waals surface area contributed by atoms with Crippen molar-refractivity contribution in [2.24, 2.45) is 0 Å². The van der Waals surface area contributed by atoms with E-state index in [9.17, 15) is 4.79 Å². The highest BCUT2D eigenvalue weighted by molar-refractivity contribution is 5.92. The van der Waals surface area contributed by atoms with Gasteiger partial charge in [0, 0.05) is 24.8 Å². The van der Waals surface area contributed by atoms with E-state index in [1.807, 2.05) is 21.8 Å². The van der Waals surface area contributed by atoms with Gasteiger partial charge >= 0.3 is 0 Å². The van der Waals surface area contributed by atoms with Gasteiger partial charge in [0.05, 0.1) is 6.04 Å². The van der Waals surface area contributed by atoms with Crippen molar-refractivity contribution in [2.45, 2.75) is 64.1 Å². The number of carbonyl (C=O) groups is 1. The minimum atomic E-state index is 0.0946. The largest absolute Gasteiger partial charge is 0.332 e. The van der Waals surface area contributed by atoms with Gasteiger partial charge in [0.2, 0.25) is 0 Å². The third-order valence-electron chi connectivity index (χ3n) is 4.90. The molecule has 1 aromatic heterocycles. The van der Waals surface area contributed by atoms with Crippen molar-refractivity contribution >= 4 is 5.91 Å². The molecular weight excluding hydrogens is 264 g/mol. The Morgan fingerprint density at radius 1 is 1.24 bits per heavy atom. The number of aromatic nitrogens is 2. The Hall–Kier alpha value is -1.36. The van der Waals surface area contributed by atoms with E-state index in [4.69, 9.17) is 0 Å². The van der Waals surface area contributed by atoms with Gasteiger partial charge in [-0.2, -0.15) is 5.10 Å². The van der Waals surface area contributed by atoms with Gasteiger partial charge in [-0.1, -0.05) is 0 Å². The molecule has 21 heavy (non-hydrogen) atoms. The molecule has 3 unspecified atom stereocenters. The maximum atomic E-state index is 12.8. The first-order valence-corrected chi connectivity index (χ1v) is 8.25. The van der Waals surface area contributed by atoms with Crippen LogP contribution in [0, 0.1) is 0 Å². The minimum absolute atomic E-state index is 0.0946. The molecular formula is C16H26N4O. The number of hydrogen-bond acceptors (Lipinski definition) is 3. The van der Waals surface area contributed by atoms with Gasteiger partial charge in [-0.25, -0.2) is 0 Å². The molecule has 0 aromatic carbocycles. The van der Waals surface area contributed by atoms with Gasteiger partial charge in [-0.05, 0) is 58.6 Å². The predicted octanol–water partition coefficient (Wildman–Crippen LogP) is 2.21. The van der Waals surface area contributed by atoms with E-state index in [0.29, 0.717) is 23.8 Å². The first-order chi connectivity index (χ1) is 10.2. The zero-order valence-corrected chi connectivity index (χ0v) is 13.1. The summed E-state index contributed by atoms with van der Waals surface area (Å²) in [4.78, 5) is 14.8. The van der Waals surface area contributed by atoms with E-state index in [2.05, 4.69) is 24.3 Å². The standard InChI is InChI=1S/C16H26N4O/c1-12-5-3-6-13(2)20(12)16(21)15-8-10-19(18-15)14-7-4-9-17-11-14/h8,10,12-14,17H,3-7,9,11H2,1-2H3. The zero-order valence-electron chi connectivity index (χ0n) is 13.1. The second kappa shape index (κ2) is 6.18. The molecule has 1 aromatic rings. The van der Waals surface area contributed by atoms with Crippen LogP contribution in [0.25, 0.3) is 0 Å². The molecule has 1 amide bonds. The minimum Gasteiger partial charge on any atom is -0.332 e. The van der Waals surface area contributed by atoms with Crippen molar-refractivity contribution in [3.05, 3.63) is 18.0 Å². The number of nitrogens with zero attached hydrogens (tertiary/aromatic N) is 3. The number of piperidine rings is 2. The van der Waals surface area contributed by atoms with Gasteiger partial charge in [0.15, 0.2) is 0 Å². The molecule has 0 spiro atoms. The van der Waals surface area contributed by atoms with E-state index in [1.165, 1.54) is 12.8 Å². The quantitative estimate of drug-likeness (QED) is 0.908. The van der Waals surface area contributed by atoms with E-state index in [-0.39, 0.29) is 5.91 Å². The average Bonchev–Trinajstić information content (AvgIpc) is 2.97. The second-order valence-electron chi connectivity index (χ2n) is 6.52. The number of carbonyl (C=O) groups excluding carboxylic acids is 1. The highest BCUT2D eigenvalue weighted by Crippen LogP contribution is 2.24. The van der Waals surface area contributed by atoms with Crippen LogP contribution < -0.4 is 5.32 Å². The topological polar surface area (TPSA) is 50.2 Å². The van der Waals surface area contributed by atoms with Crippen LogP contribution in [0.15, 0.2) is 12.3 Å². The van der Waals surface area contributed by atoms with E-state index in [1.54, 1.807) is 0 Å². The summed E-state index contributed by atoms with van der Waals surface area (Å²) in [6.45, 7) is 6.34. The van der Waals surface area contributed by atoms with Crippen LogP contribution in [0.2, 0.25) is 0 Å². The summed E-state index contributed by atoms with van der Waals surface area (Å²) in [5.74, 6) is 0.0946. The Morgan fingerprint density at radius 2 is 2.00 bits per heavy atom. The fourth-order valence-electron chi connectivity index (χ4n) is 3.67. The predicted molar refractivity (Wildman–Crippen MR) is 82.3 cm³/mol. The molecule has 2 fully saturated rings. The average molecular weight is 290 g/mol. The van der Waals surface area contributed by atoms with E-state index < -0.39 is 0 Å². The Kier molecular flexibility index (Phi) is 4.29. The van der Waals surface area contributed by atoms with Crippen molar-refractivity contribution in [1.29, 1.82) is 0 Å². The van der Waals surface area contributed by atoms with E-state index >= 15 is 0 Å². The molecule has 0 radical (unpaired) electrons. The Balaban J connectivity index is 1.74. The van der Waals surface area contributed by atoms with Crippen LogP contribution in [-0.2, 0) is 0 Å². The first kappa shape index (κ1) is 14.6. The molecule has 2 saturated heterocycles. The summed E-state index contributed by atoms with van der Waals surface area (Å²) in [7, 11) is 0. The summed E-state index contributed by atoms with van der Waals surface area (Å²) >= 11 is 0. The smallest absolute Gasteiger partial charge is 0.274 e. The molecule has 3 rings (SSSR count). The lowest BCUT2D eigenvalue weighted by Gasteiger charge is -2.38. The SMILES string of the molecule is CC1CCCC(C)N1C(=O)c1ccn(C2CCCNC2)n1. The molecule has 5 heteroatoms. The summed E-state index contributed by atoms with van der Waals surface area (Å²) in [5.41, 5.74) is 0.598. The normalized spacial score (nSPS) is 30.4. The first-order valence-electron chi connectivity index (χ1n) is 8.25. The number of hydrogen-bond donors (Lipinski definition) is 1. The molecule has 116 valence electrons. The summed E-state index contributed by atoms with van der Waals surface area (Å²) < 4.78 is 1.97. The molecule has 2 aliphatic rings. The number of amides is 1. The van der Waals surface area contributed by atoms with E-state index in [0.717, 1.165) is 32.4 Å². The van der Waals surface area contributed by atoms with Crippen molar-refractivity contribution in [3.63, 3.8) is 0 Å². The highest BCUT2D eigenvalue weighted by Gasteiger charge is 2.31. The maximum Gasteiger partial charge on any atom is 0.274 e. The lowest BCUT2D eigenvalue weighted by molar-refractivity contribution is 0.0503. The van der Waals surface area contributed by atoms with Crippen LogP contribution in [0.1, 0.15) is 62.5 Å². The molecule has 5 nitrogen and oxygen atoms in total. The Labute approximate surface area is 126 Å². The van der Waals surface area contributed by atoms with Gasteiger partial charge in [0.1, 0.15) is 5.69 Å². The van der Waals surface area contributed by atoms with Crippen LogP contribution >= 0.6 is 0 Å². The molecule has 0 bridgehead atoms. The van der Waals surface area contributed by atoms with Gasteiger partial charge in [0.25, 0.3) is 5.91 Å². The molecule has 1 N–H and O–H groups in total. The molecule has 3 heterocycles. The molecule has 0 aliphatic carbocycles. The lowest BCUT2D eigenvalue weighted by Crippen LogP contribution is -2.47. The van der Waals surface area contributed by atoms with Crippen LogP contribution in [0.3, 0.4) is 0 Å². The molecule has 0 saturated carbocycles. The summed E-state index contributed by atoms with van der Waals surface area (Å²) in [6, 6.07) is 2.91. The highest BCUT2D eigenvalue weighted by atomic mass is 16.2. The summed E-state index contributed by atoms with van der Waals surface area (Å²) in [6.07, 6.45) is 7.69. The number of rotatable bonds is 2. The number of likely N-dealkylation sites (tertiary alicyclic amines) is 1. The van der Waals surface area contributed by atoms with Crippen molar-refractivity contribution in [3.8, 4) is 0 Å². The van der Waals surface area contributed by atoms with Crippen LogP contribution in [0.5, 0.6) is 0 Å². The zero-order chi connectivity index (χ0) is 14.8. The van der Waals surface area contributed by atoms with Crippen molar-refractivity contribution in [1.82, 2.24) is 20.0 Å². The Bertz CT molecular complexity index is 482. The monoisotopic (exact) mass is 290 g/mol. The van der Waals surface area contributed by atoms with Crippen LogP contribution in [-0.4, -0.2) is 45.8 Å². The van der Waals surface area contributed by atoms with Gasteiger partial charge in [-0.3, -0.25) is 9.48 Å².